The molecule has 0 spiro atoms. The molecule has 0 saturated carbocycles. The van der Waals surface area contributed by atoms with Gasteiger partial charge in [0.25, 0.3) is 0 Å². The van der Waals surface area contributed by atoms with Gasteiger partial charge >= 0.3 is 0 Å². The first-order valence-corrected chi connectivity index (χ1v) is 9.27. The minimum Gasteiger partial charge on any atom is -0.335 e. The summed E-state index contributed by atoms with van der Waals surface area (Å²) in [7, 11) is 1.79. The Labute approximate surface area is 155 Å². The zero-order chi connectivity index (χ0) is 18.5. The molecule has 2 aromatic rings. The van der Waals surface area contributed by atoms with Crippen LogP contribution in [0.2, 0.25) is 0 Å². The Kier molecular flexibility index (Phi) is 5.71. The first-order chi connectivity index (χ1) is 12.6. The zero-order valence-electron chi connectivity index (χ0n) is 15.5. The van der Waals surface area contributed by atoms with E-state index in [1.165, 1.54) is 5.56 Å². The standard InChI is InChI=1S/C22H26N2O2/c1-3-17-9-11-18(12-10-17)16-24-20(13-14-21(24)25)15-22(26)23(2)19-7-5-4-6-8-19/h4-12,20H,3,13-16H2,1-2H3. The van der Waals surface area contributed by atoms with E-state index < -0.39 is 0 Å². The van der Waals surface area contributed by atoms with E-state index in [9.17, 15) is 9.59 Å². The summed E-state index contributed by atoms with van der Waals surface area (Å²) < 4.78 is 0. The van der Waals surface area contributed by atoms with Crippen molar-refractivity contribution in [1.82, 2.24) is 4.90 Å². The summed E-state index contributed by atoms with van der Waals surface area (Å²) in [4.78, 5) is 28.6. The SMILES string of the molecule is CCc1ccc(CN2C(=O)CCC2CC(=O)N(C)c2ccccc2)cc1. The molecule has 3 rings (SSSR count). The minimum absolute atomic E-state index is 0.0213. The smallest absolute Gasteiger partial charge is 0.228 e. The topological polar surface area (TPSA) is 40.6 Å². The molecule has 1 aliphatic heterocycles. The zero-order valence-corrected chi connectivity index (χ0v) is 15.5. The van der Waals surface area contributed by atoms with Gasteiger partial charge in [-0.2, -0.15) is 0 Å². The second kappa shape index (κ2) is 8.17. The van der Waals surface area contributed by atoms with Gasteiger partial charge in [0.2, 0.25) is 11.8 Å². The van der Waals surface area contributed by atoms with Crippen molar-refractivity contribution in [3.05, 3.63) is 65.7 Å². The summed E-state index contributed by atoms with van der Waals surface area (Å²) in [5.41, 5.74) is 3.28. The third kappa shape index (κ3) is 4.13. The average Bonchev–Trinajstić information content (AvgIpc) is 3.02. The maximum atomic E-state index is 12.7. The van der Waals surface area contributed by atoms with Crippen molar-refractivity contribution in [2.45, 2.75) is 45.2 Å². The molecule has 1 heterocycles. The number of para-hydroxylation sites is 1. The largest absolute Gasteiger partial charge is 0.335 e. The predicted molar refractivity (Wildman–Crippen MR) is 104 cm³/mol. The minimum atomic E-state index is -0.0213. The average molecular weight is 350 g/mol. The Bertz CT molecular complexity index is 755. The van der Waals surface area contributed by atoms with Crippen LogP contribution in [-0.4, -0.2) is 29.8 Å². The van der Waals surface area contributed by atoms with Crippen LogP contribution in [0.3, 0.4) is 0 Å². The van der Waals surface area contributed by atoms with Crippen LogP contribution in [0.15, 0.2) is 54.6 Å². The molecule has 4 nitrogen and oxygen atoms in total. The highest BCUT2D eigenvalue weighted by Gasteiger charge is 2.33. The van der Waals surface area contributed by atoms with Gasteiger partial charge in [0, 0.05) is 38.2 Å². The van der Waals surface area contributed by atoms with Crippen LogP contribution in [0.4, 0.5) is 5.69 Å². The lowest BCUT2D eigenvalue weighted by molar-refractivity contribution is -0.130. The fourth-order valence-corrected chi connectivity index (χ4v) is 3.43. The fourth-order valence-electron chi connectivity index (χ4n) is 3.43. The molecule has 1 unspecified atom stereocenters. The summed E-state index contributed by atoms with van der Waals surface area (Å²) in [5.74, 6) is 0.187. The first kappa shape index (κ1) is 18.2. The lowest BCUT2D eigenvalue weighted by atomic mass is 10.1. The second-order valence-electron chi connectivity index (χ2n) is 6.88. The highest BCUT2D eigenvalue weighted by atomic mass is 16.2. The van der Waals surface area contributed by atoms with Gasteiger partial charge in [-0.1, -0.05) is 49.4 Å². The lowest BCUT2D eigenvalue weighted by Crippen LogP contribution is -2.37. The van der Waals surface area contributed by atoms with Crippen LogP contribution in [0.5, 0.6) is 0 Å². The molecular formula is C22H26N2O2. The number of aryl methyl sites for hydroxylation is 1. The van der Waals surface area contributed by atoms with Crippen molar-refractivity contribution < 1.29 is 9.59 Å². The monoisotopic (exact) mass is 350 g/mol. The van der Waals surface area contributed by atoms with Gasteiger partial charge in [-0.25, -0.2) is 0 Å². The maximum absolute atomic E-state index is 12.7. The number of likely N-dealkylation sites (tertiary alicyclic amines) is 1. The molecular weight excluding hydrogens is 324 g/mol. The summed E-state index contributed by atoms with van der Waals surface area (Å²) in [6, 6.07) is 18.0. The molecule has 0 N–H and O–H groups in total. The van der Waals surface area contributed by atoms with Crippen LogP contribution in [0, 0.1) is 0 Å². The van der Waals surface area contributed by atoms with Crippen molar-refractivity contribution in [2.24, 2.45) is 0 Å². The van der Waals surface area contributed by atoms with Crippen molar-refractivity contribution >= 4 is 17.5 Å². The number of hydrogen-bond acceptors (Lipinski definition) is 2. The van der Waals surface area contributed by atoms with Gasteiger partial charge in [0.1, 0.15) is 0 Å². The normalized spacial score (nSPS) is 16.8. The van der Waals surface area contributed by atoms with E-state index in [0.717, 1.165) is 24.1 Å². The Morgan fingerprint density at radius 2 is 1.73 bits per heavy atom. The van der Waals surface area contributed by atoms with Crippen LogP contribution < -0.4 is 4.90 Å². The Morgan fingerprint density at radius 1 is 1.08 bits per heavy atom. The number of benzene rings is 2. The highest BCUT2D eigenvalue weighted by Crippen LogP contribution is 2.25. The summed E-state index contributed by atoms with van der Waals surface area (Å²) in [5, 5.41) is 0. The van der Waals surface area contributed by atoms with Crippen molar-refractivity contribution in [2.75, 3.05) is 11.9 Å². The Morgan fingerprint density at radius 3 is 2.38 bits per heavy atom. The van der Waals surface area contributed by atoms with E-state index in [0.29, 0.717) is 19.4 Å². The molecule has 0 bridgehead atoms. The number of carbonyl (C=O) groups excluding carboxylic acids is 2. The van der Waals surface area contributed by atoms with Crippen molar-refractivity contribution in [3.8, 4) is 0 Å². The molecule has 1 aliphatic rings. The highest BCUT2D eigenvalue weighted by molar-refractivity contribution is 5.93. The number of carbonyl (C=O) groups is 2. The van der Waals surface area contributed by atoms with E-state index in [4.69, 9.17) is 0 Å². The summed E-state index contributed by atoms with van der Waals surface area (Å²) in [6.07, 6.45) is 2.65. The van der Waals surface area contributed by atoms with Crippen molar-refractivity contribution in [1.29, 1.82) is 0 Å². The summed E-state index contributed by atoms with van der Waals surface area (Å²) >= 11 is 0. The van der Waals surface area contributed by atoms with Gasteiger partial charge in [0.15, 0.2) is 0 Å². The molecule has 26 heavy (non-hydrogen) atoms. The first-order valence-electron chi connectivity index (χ1n) is 9.27. The second-order valence-corrected chi connectivity index (χ2v) is 6.88. The van der Waals surface area contributed by atoms with Crippen LogP contribution >= 0.6 is 0 Å². The fraction of sp³-hybridized carbons (Fsp3) is 0.364. The third-order valence-electron chi connectivity index (χ3n) is 5.16. The van der Waals surface area contributed by atoms with E-state index in [-0.39, 0.29) is 17.9 Å². The van der Waals surface area contributed by atoms with Crippen LogP contribution in [-0.2, 0) is 22.6 Å². The predicted octanol–water partition coefficient (Wildman–Crippen LogP) is 3.79. The third-order valence-corrected chi connectivity index (χ3v) is 5.16. The van der Waals surface area contributed by atoms with E-state index in [2.05, 4.69) is 31.2 Å². The van der Waals surface area contributed by atoms with Gasteiger partial charge in [-0.05, 0) is 36.1 Å². The molecule has 2 amide bonds. The van der Waals surface area contributed by atoms with Crippen molar-refractivity contribution in [3.63, 3.8) is 0 Å². The summed E-state index contributed by atoms with van der Waals surface area (Å²) in [6.45, 7) is 2.71. The Balaban J connectivity index is 1.66. The molecule has 0 aromatic heterocycles. The molecule has 1 atom stereocenters. The van der Waals surface area contributed by atoms with Gasteiger partial charge in [0.05, 0.1) is 0 Å². The molecule has 0 radical (unpaired) electrons. The molecule has 1 saturated heterocycles. The lowest BCUT2D eigenvalue weighted by Gasteiger charge is -2.26. The number of rotatable bonds is 6. The van der Waals surface area contributed by atoms with Gasteiger partial charge < -0.3 is 9.80 Å². The molecule has 1 fully saturated rings. The van der Waals surface area contributed by atoms with Crippen LogP contribution in [0.1, 0.15) is 37.3 Å². The number of anilines is 1. The number of amides is 2. The molecule has 136 valence electrons. The van der Waals surface area contributed by atoms with Gasteiger partial charge in [-0.3, -0.25) is 9.59 Å². The van der Waals surface area contributed by atoms with E-state index >= 15 is 0 Å². The van der Waals surface area contributed by atoms with E-state index in [1.54, 1.807) is 11.9 Å². The number of nitrogens with zero attached hydrogens (tertiary/aromatic N) is 2. The molecule has 0 aliphatic carbocycles. The quantitative estimate of drug-likeness (QED) is 0.795. The molecule has 4 heteroatoms. The Hall–Kier alpha value is -2.62. The molecule has 2 aromatic carbocycles. The number of hydrogen-bond donors (Lipinski definition) is 0. The van der Waals surface area contributed by atoms with E-state index in [1.807, 2.05) is 35.2 Å². The van der Waals surface area contributed by atoms with Crippen LogP contribution in [0.25, 0.3) is 0 Å². The van der Waals surface area contributed by atoms with Gasteiger partial charge in [-0.15, -0.1) is 0 Å². The maximum Gasteiger partial charge on any atom is 0.228 e.